The SMILES string of the molecule is CCCCCCCCCCCCc1cc(C(C)(C)C)cc(O)c1C(C)(C)C. The second-order valence-corrected chi connectivity index (χ2v) is 10.5. The first kappa shape index (κ1) is 24.1. The predicted molar refractivity (Wildman–Crippen MR) is 121 cm³/mol. The van der Waals surface area contributed by atoms with E-state index in [2.05, 4.69) is 54.5 Å². The second-order valence-electron chi connectivity index (χ2n) is 10.5. The summed E-state index contributed by atoms with van der Waals surface area (Å²) in [5.41, 5.74) is 3.79. The molecule has 0 aliphatic rings. The van der Waals surface area contributed by atoms with Crippen LogP contribution in [-0.4, -0.2) is 5.11 Å². The Morgan fingerprint density at radius 2 is 1.15 bits per heavy atom. The van der Waals surface area contributed by atoms with Crippen molar-refractivity contribution in [2.24, 2.45) is 0 Å². The molecule has 0 unspecified atom stereocenters. The van der Waals surface area contributed by atoms with Crippen molar-refractivity contribution in [3.05, 3.63) is 28.8 Å². The van der Waals surface area contributed by atoms with Crippen LogP contribution in [0.15, 0.2) is 12.1 Å². The van der Waals surface area contributed by atoms with Crippen LogP contribution in [0.5, 0.6) is 5.75 Å². The molecule has 0 saturated carbocycles. The van der Waals surface area contributed by atoms with Crippen LogP contribution < -0.4 is 0 Å². The van der Waals surface area contributed by atoms with Gasteiger partial charge < -0.3 is 5.11 Å². The van der Waals surface area contributed by atoms with Crippen molar-refractivity contribution < 1.29 is 5.11 Å². The number of phenols is 1. The minimum atomic E-state index is -0.0195. The Hall–Kier alpha value is -0.980. The van der Waals surface area contributed by atoms with E-state index in [-0.39, 0.29) is 10.8 Å². The minimum Gasteiger partial charge on any atom is -0.508 e. The molecule has 0 aliphatic heterocycles. The van der Waals surface area contributed by atoms with Crippen LogP contribution in [0, 0.1) is 0 Å². The summed E-state index contributed by atoms with van der Waals surface area (Å²) in [4.78, 5) is 0. The Bertz CT molecular complexity index is 543. The van der Waals surface area contributed by atoms with Crippen LogP contribution in [0.1, 0.15) is 129 Å². The Kier molecular flexibility index (Phi) is 9.91. The van der Waals surface area contributed by atoms with Gasteiger partial charge in [0.05, 0.1) is 0 Å². The van der Waals surface area contributed by atoms with Crippen molar-refractivity contribution in [2.75, 3.05) is 0 Å². The minimum absolute atomic E-state index is 0.0195. The summed E-state index contributed by atoms with van der Waals surface area (Å²) in [5.74, 6) is 0.483. The maximum Gasteiger partial charge on any atom is 0.119 e. The van der Waals surface area contributed by atoms with Gasteiger partial charge in [-0.15, -0.1) is 0 Å². The van der Waals surface area contributed by atoms with E-state index >= 15 is 0 Å². The number of unbranched alkanes of at least 4 members (excludes halogenated alkanes) is 9. The van der Waals surface area contributed by atoms with Gasteiger partial charge in [-0.25, -0.2) is 0 Å². The molecular weight excluding hydrogens is 328 g/mol. The highest BCUT2D eigenvalue weighted by molar-refractivity contribution is 5.48. The highest BCUT2D eigenvalue weighted by Crippen LogP contribution is 2.38. The van der Waals surface area contributed by atoms with Crippen LogP contribution >= 0.6 is 0 Å². The van der Waals surface area contributed by atoms with Crippen molar-refractivity contribution in [1.82, 2.24) is 0 Å². The zero-order valence-electron chi connectivity index (χ0n) is 19.4. The number of hydrogen-bond acceptors (Lipinski definition) is 1. The molecule has 0 fully saturated rings. The molecule has 0 heterocycles. The molecule has 27 heavy (non-hydrogen) atoms. The molecule has 0 spiro atoms. The molecule has 1 rings (SSSR count). The Morgan fingerprint density at radius 3 is 1.59 bits per heavy atom. The number of hydrogen-bond donors (Lipinski definition) is 1. The van der Waals surface area contributed by atoms with E-state index in [1.165, 1.54) is 75.3 Å². The van der Waals surface area contributed by atoms with Gasteiger partial charge in [-0.3, -0.25) is 0 Å². The lowest BCUT2D eigenvalue weighted by molar-refractivity contribution is 0.439. The molecule has 0 aliphatic carbocycles. The monoisotopic (exact) mass is 374 g/mol. The van der Waals surface area contributed by atoms with E-state index in [0.29, 0.717) is 5.75 Å². The summed E-state index contributed by atoms with van der Waals surface area (Å²) in [7, 11) is 0. The predicted octanol–water partition coefficient (Wildman–Crippen LogP) is 8.45. The third-order valence-corrected chi connectivity index (χ3v) is 5.61. The number of aromatic hydroxyl groups is 1. The van der Waals surface area contributed by atoms with Gasteiger partial charge in [0.15, 0.2) is 0 Å². The first-order valence-electron chi connectivity index (χ1n) is 11.4. The maximum absolute atomic E-state index is 10.7. The van der Waals surface area contributed by atoms with Gasteiger partial charge in [-0.2, -0.15) is 0 Å². The number of phenolic OH excluding ortho intramolecular Hbond substituents is 1. The molecule has 1 heteroatoms. The molecule has 1 aromatic carbocycles. The summed E-state index contributed by atoms with van der Waals surface area (Å²) < 4.78 is 0. The fourth-order valence-corrected chi connectivity index (χ4v) is 3.98. The van der Waals surface area contributed by atoms with Crippen LogP contribution in [0.25, 0.3) is 0 Å². The molecule has 1 N–H and O–H groups in total. The van der Waals surface area contributed by atoms with E-state index in [0.717, 1.165) is 12.0 Å². The highest BCUT2D eigenvalue weighted by Gasteiger charge is 2.25. The van der Waals surface area contributed by atoms with Gasteiger partial charge in [-0.05, 0) is 40.9 Å². The molecule has 0 atom stereocenters. The molecule has 0 amide bonds. The van der Waals surface area contributed by atoms with Crippen molar-refractivity contribution in [3.8, 4) is 5.75 Å². The average Bonchev–Trinajstić information content (AvgIpc) is 2.54. The van der Waals surface area contributed by atoms with E-state index in [1.54, 1.807) is 0 Å². The quantitative estimate of drug-likeness (QED) is 0.385. The topological polar surface area (TPSA) is 20.2 Å². The molecule has 0 radical (unpaired) electrons. The molecule has 0 aromatic heterocycles. The lowest BCUT2D eigenvalue weighted by atomic mass is 9.77. The molecule has 1 aromatic rings. The lowest BCUT2D eigenvalue weighted by Gasteiger charge is -2.28. The lowest BCUT2D eigenvalue weighted by Crippen LogP contribution is -2.18. The highest BCUT2D eigenvalue weighted by atomic mass is 16.3. The summed E-state index contributed by atoms with van der Waals surface area (Å²) in [6.07, 6.45) is 14.7. The number of benzene rings is 1. The zero-order valence-corrected chi connectivity index (χ0v) is 19.4. The summed E-state index contributed by atoms with van der Waals surface area (Å²) >= 11 is 0. The first-order valence-corrected chi connectivity index (χ1v) is 11.4. The van der Waals surface area contributed by atoms with Gasteiger partial charge in [0.1, 0.15) is 5.75 Å². The van der Waals surface area contributed by atoms with Gasteiger partial charge in [0.25, 0.3) is 0 Å². The van der Waals surface area contributed by atoms with Crippen LogP contribution in [0.2, 0.25) is 0 Å². The maximum atomic E-state index is 10.7. The normalized spacial score (nSPS) is 12.6. The standard InChI is InChI=1S/C26H46O/c1-8-9-10-11-12-13-14-15-16-17-18-21-19-22(25(2,3)4)20-23(27)24(21)26(5,6)7/h19-20,27H,8-18H2,1-7H3. The van der Waals surface area contributed by atoms with Gasteiger partial charge >= 0.3 is 0 Å². The Labute approximate surface area is 170 Å². The molecule has 1 nitrogen and oxygen atoms in total. The molecule has 0 bridgehead atoms. The summed E-state index contributed by atoms with van der Waals surface area (Å²) in [6.45, 7) is 15.6. The summed E-state index contributed by atoms with van der Waals surface area (Å²) in [5, 5.41) is 10.7. The van der Waals surface area contributed by atoms with E-state index < -0.39 is 0 Å². The molecular formula is C26H46O. The molecule has 0 saturated heterocycles. The molecule has 156 valence electrons. The van der Waals surface area contributed by atoms with Crippen molar-refractivity contribution in [1.29, 1.82) is 0 Å². The Morgan fingerprint density at radius 1 is 0.667 bits per heavy atom. The van der Waals surface area contributed by atoms with Gasteiger partial charge in [-0.1, -0.05) is 112 Å². The fraction of sp³-hybridized carbons (Fsp3) is 0.769. The number of rotatable bonds is 11. The second kappa shape index (κ2) is 11.1. The van der Waals surface area contributed by atoms with E-state index in [1.807, 2.05) is 6.07 Å². The van der Waals surface area contributed by atoms with Crippen LogP contribution in [-0.2, 0) is 17.3 Å². The number of aryl methyl sites for hydroxylation is 1. The summed E-state index contributed by atoms with van der Waals surface area (Å²) in [6, 6.07) is 4.34. The zero-order chi connectivity index (χ0) is 20.5. The van der Waals surface area contributed by atoms with Crippen molar-refractivity contribution >= 4 is 0 Å². The third-order valence-electron chi connectivity index (χ3n) is 5.61. The third kappa shape index (κ3) is 8.71. The van der Waals surface area contributed by atoms with Crippen LogP contribution in [0.4, 0.5) is 0 Å². The smallest absolute Gasteiger partial charge is 0.119 e. The average molecular weight is 375 g/mol. The Balaban J connectivity index is 2.57. The fourth-order valence-electron chi connectivity index (χ4n) is 3.98. The van der Waals surface area contributed by atoms with Gasteiger partial charge in [0.2, 0.25) is 0 Å². The van der Waals surface area contributed by atoms with Crippen molar-refractivity contribution in [3.63, 3.8) is 0 Å². The first-order chi connectivity index (χ1) is 12.6. The largest absolute Gasteiger partial charge is 0.508 e. The van der Waals surface area contributed by atoms with Crippen molar-refractivity contribution in [2.45, 2.75) is 130 Å². The van der Waals surface area contributed by atoms with Gasteiger partial charge in [0, 0.05) is 5.56 Å². The van der Waals surface area contributed by atoms with E-state index in [4.69, 9.17) is 0 Å². The van der Waals surface area contributed by atoms with E-state index in [9.17, 15) is 5.11 Å². The van der Waals surface area contributed by atoms with Crippen LogP contribution in [0.3, 0.4) is 0 Å².